The first kappa shape index (κ1) is 11.1. The van der Waals surface area contributed by atoms with Crippen molar-refractivity contribution in [3.05, 3.63) is 0 Å². The standard InChI is InChI=1S/C13H23NO/c1-5-12(15)11-7-13(8-14(11)4)6-10(13)9(2)3/h9-11H,5-8H2,1-4H3/t10?,11-,13+/m0/s1. The second-order valence-electron chi connectivity index (χ2n) is 5.87. The van der Waals surface area contributed by atoms with Crippen LogP contribution in [0.2, 0.25) is 0 Å². The van der Waals surface area contributed by atoms with Gasteiger partial charge >= 0.3 is 0 Å². The number of hydrogen-bond donors (Lipinski definition) is 0. The zero-order chi connectivity index (χ0) is 11.2. The fourth-order valence-electron chi connectivity index (χ4n) is 3.55. The van der Waals surface area contributed by atoms with Gasteiger partial charge in [0.2, 0.25) is 0 Å². The van der Waals surface area contributed by atoms with E-state index < -0.39 is 0 Å². The average molecular weight is 209 g/mol. The molecule has 0 aromatic carbocycles. The summed E-state index contributed by atoms with van der Waals surface area (Å²) in [7, 11) is 2.11. The quantitative estimate of drug-likeness (QED) is 0.711. The second kappa shape index (κ2) is 3.58. The third kappa shape index (κ3) is 1.73. The van der Waals surface area contributed by atoms with Crippen LogP contribution in [0.4, 0.5) is 0 Å². The monoisotopic (exact) mass is 209 g/mol. The molecule has 1 saturated carbocycles. The molecule has 0 aromatic heterocycles. The Kier molecular flexibility index (Phi) is 2.66. The van der Waals surface area contributed by atoms with Gasteiger partial charge in [0.05, 0.1) is 6.04 Å². The molecule has 0 bridgehead atoms. The predicted octanol–water partition coefficient (Wildman–Crippen LogP) is 2.33. The van der Waals surface area contributed by atoms with Crippen LogP contribution in [0, 0.1) is 17.3 Å². The van der Waals surface area contributed by atoms with Gasteiger partial charge in [-0.2, -0.15) is 0 Å². The van der Waals surface area contributed by atoms with E-state index in [0.29, 0.717) is 17.6 Å². The summed E-state index contributed by atoms with van der Waals surface area (Å²) in [4.78, 5) is 14.1. The van der Waals surface area contributed by atoms with Crippen LogP contribution in [0.5, 0.6) is 0 Å². The molecule has 1 saturated heterocycles. The molecule has 2 rings (SSSR count). The van der Waals surface area contributed by atoms with Crippen LogP contribution < -0.4 is 0 Å². The number of carbonyl (C=O) groups excluding carboxylic acids is 1. The Morgan fingerprint density at radius 1 is 1.47 bits per heavy atom. The van der Waals surface area contributed by atoms with E-state index >= 15 is 0 Å². The summed E-state index contributed by atoms with van der Waals surface area (Å²) in [6, 6.07) is 0.221. The lowest BCUT2D eigenvalue weighted by molar-refractivity contribution is -0.122. The van der Waals surface area contributed by atoms with Crippen molar-refractivity contribution >= 4 is 5.78 Å². The van der Waals surface area contributed by atoms with E-state index in [4.69, 9.17) is 0 Å². The molecule has 0 N–H and O–H groups in total. The highest BCUT2D eigenvalue weighted by Gasteiger charge is 2.60. The summed E-state index contributed by atoms with van der Waals surface area (Å²) in [5.41, 5.74) is 0.512. The Labute approximate surface area is 93.0 Å². The SMILES string of the molecule is CCC(=O)[C@@H]1C[C@]2(CC2C(C)C)CN1C. The molecule has 2 nitrogen and oxygen atoms in total. The number of likely N-dealkylation sites (tertiary alicyclic amines) is 1. The minimum absolute atomic E-state index is 0.221. The van der Waals surface area contributed by atoms with E-state index in [1.54, 1.807) is 0 Å². The van der Waals surface area contributed by atoms with Crippen LogP contribution in [-0.4, -0.2) is 30.3 Å². The van der Waals surface area contributed by atoms with Gasteiger partial charge in [-0.15, -0.1) is 0 Å². The minimum atomic E-state index is 0.221. The number of ketones is 1. The molecule has 0 radical (unpaired) electrons. The first-order valence-electron chi connectivity index (χ1n) is 6.23. The van der Waals surface area contributed by atoms with Gasteiger partial charge in [-0.25, -0.2) is 0 Å². The van der Waals surface area contributed by atoms with E-state index in [0.717, 1.165) is 24.8 Å². The molecule has 0 aromatic rings. The molecular weight excluding hydrogens is 186 g/mol. The molecular formula is C13H23NO. The van der Waals surface area contributed by atoms with Crippen molar-refractivity contribution in [3.63, 3.8) is 0 Å². The van der Waals surface area contributed by atoms with Gasteiger partial charge in [0.1, 0.15) is 5.78 Å². The summed E-state index contributed by atoms with van der Waals surface area (Å²) in [5.74, 6) is 2.09. The molecule has 2 fully saturated rings. The Balaban J connectivity index is 2.03. The Hall–Kier alpha value is -0.370. The van der Waals surface area contributed by atoms with Gasteiger partial charge in [-0.05, 0) is 37.1 Å². The molecule has 2 aliphatic rings. The van der Waals surface area contributed by atoms with E-state index in [9.17, 15) is 4.79 Å². The molecule has 0 amide bonds. The van der Waals surface area contributed by atoms with Crippen molar-refractivity contribution in [2.75, 3.05) is 13.6 Å². The number of Topliss-reactive ketones (excluding diaryl/α,β-unsaturated/α-hetero) is 1. The molecule has 1 aliphatic carbocycles. The molecule has 86 valence electrons. The van der Waals surface area contributed by atoms with Crippen LogP contribution >= 0.6 is 0 Å². The fourth-order valence-corrected chi connectivity index (χ4v) is 3.55. The largest absolute Gasteiger partial charge is 0.298 e. The van der Waals surface area contributed by atoms with Crippen LogP contribution in [0.25, 0.3) is 0 Å². The topological polar surface area (TPSA) is 20.3 Å². The van der Waals surface area contributed by atoms with Crippen molar-refractivity contribution in [3.8, 4) is 0 Å². The first-order valence-corrected chi connectivity index (χ1v) is 6.23. The molecule has 3 atom stereocenters. The van der Waals surface area contributed by atoms with Gasteiger partial charge in [-0.1, -0.05) is 20.8 Å². The maximum Gasteiger partial charge on any atom is 0.149 e. The number of likely N-dealkylation sites (N-methyl/N-ethyl adjacent to an activating group) is 1. The number of carbonyl (C=O) groups is 1. The highest BCUT2D eigenvalue weighted by molar-refractivity contribution is 5.84. The van der Waals surface area contributed by atoms with Gasteiger partial charge in [0.25, 0.3) is 0 Å². The van der Waals surface area contributed by atoms with E-state index in [-0.39, 0.29) is 6.04 Å². The van der Waals surface area contributed by atoms with Crippen LogP contribution in [0.15, 0.2) is 0 Å². The lowest BCUT2D eigenvalue weighted by Gasteiger charge is -2.16. The third-order valence-corrected chi connectivity index (χ3v) is 4.47. The Morgan fingerprint density at radius 2 is 2.13 bits per heavy atom. The molecule has 15 heavy (non-hydrogen) atoms. The van der Waals surface area contributed by atoms with Gasteiger partial charge in [-0.3, -0.25) is 9.69 Å². The maximum absolute atomic E-state index is 11.8. The van der Waals surface area contributed by atoms with Crippen molar-refractivity contribution < 1.29 is 4.79 Å². The van der Waals surface area contributed by atoms with Gasteiger partial charge in [0.15, 0.2) is 0 Å². The molecule has 1 spiro atoms. The normalized spacial score (nSPS) is 40.3. The number of nitrogens with zero attached hydrogens (tertiary/aromatic N) is 1. The predicted molar refractivity (Wildman–Crippen MR) is 61.7 cm³/mol. The van der Waals surface area contributed by atoms with Crippen molar-refractivity contribution in [2.45, 2.75) is 46.1 Å². The molecule has 1 unspecified atom stereocenters. The van der Waals surface area contributed by atoms with Crippen LogP contribution in [0.1, 0.15) is 40.0 Å². The summed E-state index contributed by atoms with van der Waals surface area (Å²) in [5, 5.41) is 0. The van der Waals surface area contributed by atoms with Gasteiger partial charge in [0, 0.05) is 13.0 Å². The highest BCUT2D eigenvalue weighted by Crippen LogP contribution is 2.62. The molecule has 1 heterocycles. The molecule has 1 aliphatic heterocycles. The summed E-state index contributed by atoms with van der Waals surface area (Å²) in [6.45, 7) is 7.75. The number of rotatable bonds is 3. The summed E-state index contributed by atoms with van der Waals surface area (Å²) >= 11 is 0. The Morgan fingerprint density at radius 3 is 2.60 bits per heavy atom. The zero-order valence-electron chi connectivity index (χ0n) is 10.4. The van der Waals surface area contributed by atoms with Gasteiger partial charge < -0.3 is 0 Å². The minimum Gasteiger partial charge on any atom is -0.298 e. The van der Waals surface area contributed by atoms with Crippen molar-refractivity contribution in [1.82, 2.24) is 4.90 Å². The highest BCUT2D eigenvalue weighted by atomic mass is 16.1. The fraction of sp³-hybridized carbons (Fsp3) is 0.923. The van der Waals surface area contributed by atoms with Crippen molar-refractivity contribution in [1.29, 1.82) is 0 Å². The van der Waals surface area contributed by atoms with E-state index in [1.165, 1.54) is 6.42 Å². The van der Waals surface area contributed by atoms with Crippen LogP contribution in [-0.2, 0) is 4.79 Å². The average Bonchev–Trinajstić information content (AvgIpc) is 2.77. The maximum atomic E-state index is 11.8. The van der Waals surface area contributed by atoms with E-state index in [2.05, 4.69) is 25.8 Å². The summed E-state index contributed by atoms with van der Waals surface area (Å²) < 4.78 is 0. The van der Waals surface area contributed by atoms with Crippen LogP contribution in [0.3, 0.4) is 0 Å². The number of hydrogen-bond acceptors (Lipinski definition) is 2. The Bertz CT molecular complexity index is 274. The lowest BCUT2D eigenvalue weighted by atomic mass is 9.93. The second-order valence-corrected chi connectivity index (χ2v) is 5.87. The zero-order valence-corrected chi connectivity index (χ0v) is 10.4. The lowest BCUT2D eigenvalue weighted by Crippen LogP contribution is -2.32. The smallest absolute Gasteiger partial charge is 0.149 e. The molecule has 2 heteroatoms. The first-order chi connectivity index (χ1) is 7.00. The third-order valence-electron chi connectivity index (χ3n) is 4.47. The van der Waals surface area contributed by atoms with E-state index in [1.807, 2.05) is 6.92 Å². The van der Waals surface area contributed by atoms with Crippen molar-refractivity contribution in [2.24, 2.45) is 17.3 Å². The summed E-state index contributed by atoms with van der Waals surface area (Å²) in [6.07, 6.45) is 3.17.